The van der Waals surface area contributed by atoms with Gasteiger partial charge >= 0.3 is 12.3 Å². The van der Waals surface area contributed by atoms with Crippen molar-refractivity contribution in [2.75, 3.05) is 20.3 Å². The summed E-state index contributed by atoms with van der Waals surface area (Å²) in [6.07, 6.45) is -2.85. The monoisotopic (exact) mass is 293 g/mol. The van der Waals surface area contributed by atoms with Gasteiger partial charge in [0.05, 0.1) is 12.6 Å². The van der Waals surface area contributed by atoms with Gasteiger partial charge in [-0.25, -0.2) is 8.78 Å². The predicted molar refractivity (Wildman–Crippen MR) is 69.4 cm³/mol. The highest BCUT2D eigenvalue weighted by Crippen LogP contribution is 2.24. The molecule has 1 aromatic rings. The zero-order chi connectivity index (χ0) is 15.2. The lowest BCUT2D eigenvalue weighted by molar-refractivity contribution is -0.167. The van der Waals surface area contributed by atoms with Crippen LogP contribution in [0.15, 0.2) is 24.3 Å². The van der Waals surface area contributed by atoms with Crippen LogP contribution in [0.4, 0.5) is 17.6 Å². The van der Waals surface area contributed by atoms with Crippen molar-refractivity contribution in [1.82, 2.24) is 5.32 Å². The molecule has 2 nitrogen and oxygen atoms in total. The van der Waals surface area contributed by atoms with Crippen LogP contribution in [0.3, 0.4) is 0 Å². The molecule has 6 heteroatoms. The molecule has 1 N–H and O–H groups in total. The van der Waals surface area contributed by atoms with Crippen molar-refractivity contribution in [1.29, 1.82) is 0 Å². The highest BCUT2D eigenvalue weighted by atomic mass is 19.3. The lowest BCUT2D eigenvalue weighted by Crippen LogP contribution is -2.34. The lowest BCUT2D eigenvalue weighted by Gasteiger charge is -2.20. The van der Waals surface area contributed by atoms with Crippen LogP contribution in [-0.4, -0.2) is 32.6 Å². The van der Waals surface area contributed by atoms with Crippen LogP contribution in [0.25, 0.3) is 0 Å². The molecule has 0 bridgehead atoms. The molecule has 0 saturated heterocycles. The van der Waals surface area contributed by atoms with E-state index in [1.54, 1.807) is 7.05 Å². The van der Waals surface area contributed by atoms with Gasteiger partial charge in [-0.1, -0.05) is 31.2 Å². The second-order valence-corrected chi connectivity index (χ2v) is 4.52. The van der Waals surface area contributed by atoms with Gasteiger partial charge in [-0.3, -0.25) is 0 Å². The molecule has 0 radical (unpaired) electrons. The van der Waals surface area contributed by atoms with Crippen LogP contribution >= 0.6 is 0 Å². The molecule has 0 heterocycles. The number of likely N-dealkylation sites (N-methyl/N-ethyl adjacent to an activating group) is 1. The van der Waals surface area contributed by atoms with Crippen LogP contribution in [0.1, 0.15) is 24.1 Å². The van der Waals surface area contributed by atoms with Crippen LogP contribution in [-0.2, 0) is 11.2 Å². The van der Waals surface area contributed by atoms with Crippen LogP contribution in [0.5, 0.6) is 0 Å². The van der Waals surface area contributed by atoms with Gasteiger partial charge in [0.1, 0.15) is 6.61 Å². The van der Waals surface area contributed by atoms with Crippen LogP contribution in [0.2, 0.25) is 0 Å². The highest BCUT2D eigenvalue weighted by molar-refractivity contribution is 5.26. The van der Waals surface area contributed by atoms with Gasteiger partial charge in [-0.2, -0.15) is 8.78 Å². The van der Waals surface area contributed by atoms with Gasteiger partial charge in [0, 0.05) is 0 Å². The second kappa shape index (κ2) is 7.59. The molecule has 0 aliphatic rings. The van der Waals surface area contributed by atoms with E-state index in [1.807, 2.05) is 31.2 Å². The molecule has 0 aliphatic carbocycles. The first-order valence-electron chi connectivity index (χ1n) is 6.40. The van der Waals surface area contributed by atoms with E-state index < -0.39 is 19.0 Å². The maximum absolute atomic E-state index is 12.7. The van der Waals surface area contributed by atoms with E-state index in [1.165, 1.54) is 0 Å². The van der Waals surface area contributed by atoms with E-state index in [-0.39, 0.29) is 12.6 Å². The number of benzene rings is 1. The smallest absolute Gasteiger partial charge is 0.330 e. The minimum absolute atomic E-state index is 0.0913. The summed E-state index contributed by atoms with van der Waals surface area (Å²) >= 11 is 0. The SMILES string of the molecule is CCc1cccc(C(COCC(F)(F)C(F)F)NC)c1. The fourth-order valence-electron chi connectivity index (χ4n) is 1.75. The first-order chi connectivity index (χ1) is 9.40. The van der Waals surface area contributed by atoms with Crippen molar-refractivity contribution in [2.45, 2.75) is 31.7 Å². The van der Waals surface area contributed by atoms with Gasteiger partial charge in [0.25, 0.3) is 0 Å². The van der Waals surface area contributed by atoms with Gasteiger partial charge < -0.3 is 10.1 Å². The largest absolute Gasteiger partial charge is 0.373 e. The Morgan fingerprint density at radius 1 is 1.30 bits per heavy atom. The zero-order valence-electron chi connectivity index (χ0n) is 11.5. The first kappa shape index (κ1) is 16.9. The predicted octanol–water partition coefficient (Wildman–Crippen LogP) is 3.43. The molecule has 0 amide bonds. The van der Waals surface area contributed by atoms with Gasteiger partial charge in [0.2, 0.25) is 0 Å². The number of halogens is 4. The summed E-state index contributed by atoms with van der Waals surface area (Å²) in [4.78, 5) is 0. The molecule has 0 aromatic heterocycles. The fourth-order valence-corrected chi connectivity index (χ4v) is 1.75. The number of hydrogen-bond acceptors (Lipinski definition) is 2. The Kier molecular flexibility index (Phi) is 6.42. The number of rotatable bonds is 8. The molecule has 0 fully saturated rings. The summed E-state index contributed by atoms with van der Waals surface area (Å²) in [5.74, 6) is -4.11. The van der Waals surface area contributed by atoms with E-state index in [0.717, 1.165) is 17.5 Å². The molecule has 1 aromatic carbocycles. The van der Waals surface area contributed by atoms with Crippen molar-refractivity contribution in [3.05, 3.63) is 35.4 Å². The Labute approximate surface area is 116 Å². The number of aryl methyl sites for hydroxylation is 1. The maximum Gasteiger partial charge on any atom is 0.330 e. The molecule has 1 atom stereocenters. The molecule has 0 saturated carbocycles. The molecule has 1 rings (SSSR count). The Bertz CT molecular complexity index is 412. The zero-order valence-corrected chi connectivity index (χ0v) is 11.5. The third-order valence-corrected chi connectivity index (χ3v) is 3.01. The number of ether oxygens (including phenoxy) is 1. The number of hydrogen-bond donors (Lipinski definition) is 1. The van der Waals surface area contributed by atoms with Crippen molar-refractivity contribution in [3.63, 3.8) is 0 Å². The fraction of sp³-hybridized carbons (Fsp3) is 0.571. The third-order valence-electron chi connectivity index (χ3n) is 3.01. The summed E-state index contributed by atoms with van der Waals surface area (Å²) in [6, 6.07) is 7.30. The molecule has 0 spiro atoms. The van der Waals surface area contributed by atoms with E-state index in [9.17, 15) is 17.6 Å². The minimum Gasteiger partial charge on any atom is -0.373 e. The Hall–Kier alpha value is -1.14. The summed E-state index contributed by atoms with van der Waals surface area (Å²) in [6.45, 7) is 0.634. The summed E-state index contributed by atoms with van der Waals surface area (Å²) in [5.41, 5.74) is 1.99. The normalized spacial score (nSPS) is 13.8. The van der Waals surface area contributed by atoms with E-state index in [0.29, 0.717) is 0 Å². The molecule has 114 valence electrons. The van der Waals surface area contributed by atoms with Crippen molar-refractivity contribution >= 4 is 0 Å². The van der Waals surface area contributed by atoms with E-state index in [2.05, 4.69) is 5.32 Å². The van der Waals surface area contributed by atoms with Gasteiger partial charge in [0.15, 0.2) is 0 Å². The van der Waals surface area contributed by atoms with Crippen LogP contribution < -0.4 is 5.32 Å². The van der Waals surface area contributed by atoms with Crippen molar-refractivity contribution in [2.24, 2.45) is 0 Å². The lowest BCUT2D eigenvalue weighted by atomic mass is 10.0. The first-order valence-corrected chi connectivity index (χ1v) is 6.40. The Balaban J connectivity index is 2.59. The Morgan fingerprint density at radius 2 is 2.00 bits per heavy atom. The summed E-state index contributed by atoms with van der Waals surface area (Å²) < 4.78 is 54.2. The average Bonchev–Trinajstić information content (AvgIpc) is 2.43. The average molecular weight is 293 g/mol. The molecule has 0 aliphatic heterocycles. The quantitative estimate of drug-likeness (QED) is 0.742. The maximum atomic E-state index is 12.7. The highest BCUT2D eigenvalue weighted by Gasteiger charge is 2.41. The second-order valence-electron chi connectivity index (χ2n) is 4.52. The van der Waals surface area contributed by atoms with Gasteiger partial charge in [-0.15, -0.1) is 0 Å². The van der Waals surface area contributed by atoms with Crippen molar-refractivity contribution < 1.29 is 22.3 Å². The van der Waals surface area contributed by atoms with E-state index in [4.69, 9.17) is 4.74 Å². The van der Waals surface area contributed by atoms with Crippen molar-refractivity contribution in [3.8, 4) is 0 Å². The Morgan fingerprint density at radius 3 is 2.55 bits per heavy atom. The molecular formula is C14H19F4NO. The summed E-state index contributed by atoms with van der Waals surface area (Å²) in [5, 5.41) is 2.93. The molecule has 1 unspecified atom stereocenters. The minimum atomic E-state index is -4.11. The number of alkyl halides is 4. The topological polar surface area (TPSA) is 21.3 Å². The molecule has 20 heavy (non-hydrogen) atoms. The standard InChI is InChI=1S/C14H19F4NO/c1-3-10-5-4-6-11(7-10)12(19-2)8-20-9-14(17,18)13(15)16/h4-7,12-13,19H,3,8-9H2,1-2H3. The number of nitrogens with one attached hydrogen (secondary N) is 1. The third kappa shape index (κ3) is 4.76. The summed E-state index contributed by atoms with van der Waals surface area (Å²) in [7, 11) is 1.66. The van der Waals surface area contributed by atoms with Gasteiger partial charge in [-0.05, 0) is 24.6 Å². The van der Waals surface area contributed by atoms with Crippen LogP contribution in [0, 0.1) is 0 Å². The van der Waals surface area contributed by atoms with E-state index >= 15 is 0 Å². The molecular weight excluding hydrogens is 274 g/mol.